The highest BCUT2D eigenvalue weighted by atomic mass is 79.9. The Hall–Kier alpha value is -1.76. The summed E-state index contributed by atoms with van der Waals surface area (Å²) in [5.41, 5.74) is 1.17. The summed E-state index contributed by atoms with van der Waals surface area (Å²) in [5.74, 6) is -1.49. The summed E-state index contributed by atoms with van der Waals surface area (Å²) in [6, 6.07) is 9.50. The fraction of sp³-hybridized carbons (Fsp3) is 0.688. The summed E-state index contributed by atoms with van der Waals surface area (Å²) in [4.78, 5) is 24.2. The van der Waals surface area contributed by atoms with Crippen LogP contribution < -0.4 is 15.6 Å². The number of carboxylic acid groups (broad SMARTS) is 1. The zero-order valence-electron chi connectivity index (χ0n) is 48.4. The third kappa shape index (κ3) is 27.8. The first-order chi connectivity index (χ1) is 36.0. The van der Waals surface area contributed by atoms with Gasteiger partial charge in [0, 0.05) is 26.5 Å². The summed E-state index contributed by atoms with van der Waals surface area (Å²) in [6.07, 6.45) is 46.1. The number of nitrogens with zero attached hydrogens (tertiary/aromatic N) is 2. The Labute approximate surface area is 491 Å². The van der Waals surface area contributed by atoms with E-state index in [1.807, 2.05) is 0 Å². The number of quaternary nitrogens is 2. The number of hydrogen-bond acceptors (Lipinski definition) is 5. The van der Waals surface area contributed by atoms with Gasteiger partial charge in [0.2, 0.25) is 5.43 Å². The summed E-state index contributed by atoms with van der Waals surface area (Å²) < 4.78 is 9.28. The fourth-order valence-corrected chi connectivity index (χ4v) is 12.5. The average Bonchev–Trinajstić information content (AvgIpc) is 3.38. The van der Waals surface area contributed by atoms with Gasteiger partial charge < -0.3 is 28.4 Å². The molecule has 2 aromatic rings. The van der Waals surface area contributed by atoms with E-state index in [4.69, 9.17) is 4.42 Å². The molecule has 1 heterocycles. The van der Waals surface area contributed by atoms with Crippen molar-refractivity contribution in [3.63, 3.8) is 0 Å². The van der Waals surface area contributed by atoms with Crippen molar-refractivity contribution < 1.29 is 28.4 Å². The van der Waals surface area contributed by atoms with Gasteiger partial charge in [0.05, 0.1) is 69.3 Å². The van der Waals surface area contributed by atoms with Gasteiger partial charge in [-0.1, -0.05) is 228 Å². The molecule has 2 aliphatic rings. The lowest BCUT2D eigenvalue weighted by atomic mass is 9.91. The highest BCUT2D eigenvalue weighted by molar-refractivity contribution is 9.11. The molecular weight excluding hydrogens is 1200 g/mol. The smallest absolute Gasteiger partial charge is 0.210 e. The van der Waals surface area contributed by atoms with E-state index in [0.29, 0.717) is 22.1 Å². The van der Waals surface area contributed by atoms with E-state index in [9.17, 15) is 19.8 Å². The Morgan fingerprint density at radius 2 is 0.827 bits per heavy atom. The SMILES string of the molecule is CCCCCCCCCC[N+](C)(C)CCCCCCCCCC.CCCCCCCCCC[N+](C)(C)CCCCCCCCCC.O=C([O-])c1ccccc1-c1c2cc(Br)c(=O)c(Br)c-2oc2c(Br)c([O-])c(Br)cc12. The predicted molar refractivity (Wildman–Crippen MR) is 333 cm³/mol. The Morgan fingerprint density at radius 1 is 0.480 bits per heavy atom. The largest absolute Gasteiger partial charge is 0.871 e. The standard InChI is InChI=1S/2C22H48N.C20H8Br4O5/c2*1-5-7-9-11-13-15-17-19-21-23(3,4)22-20-18-16-14-12-10-8-6-2;21-11-5-9-13(7-3-1-2-4-8(7)20(27)28)10-6-12(22)17(26)15(24)19(10)29-18(9)14(23)16(11)25/h2*5-22H2,1-4H3;1-6,25H,(H,27,28)/q2*+1;/p-2. The van der Waals surface area contributed by atoms with Gasteiger partial charge in [-0.25, -0.2) is 0 Å². The molecule has 75 heavy (non-hydrogen) atoms. The average molecular weight is 1300 g/mol. The molecule has 0 atom stereocenters. The van der Waals surface area contributed by atoms with Crippen molar-refractivity contribution in [2.75, 3.05) is 54.4 Å². The Balaban J connectivity index is 0.000000391. The first kappa shape index (κ1) is 69.3. The van der Waals surface area contributed by atoms with Crippen LogP contribution in [0.1, 0.15) is 244 Å². The van der Waals surface area contributed by atoms with Crippen molar-refractivity contribution in [2.24, 2.45) is 0 Å². The molecular formula is C64H102Br4N2O5. The highest BCUT2D eigenvalue weighted by Gasteiger charge is 2.26. The molecule has 0 spiro atoms. The van der Waals surface area contributed by atoms with Crippen molar-refractivity contribution in [1.29, 1.82) is 0 Å². The van der Waals surface area contributed by atoms with Gasteiger partial charge in [-0.3, -0.25) is 4.79 Å². The first-order valence-electron chi connectivity index (χ1n) is 29.8. The van der Waals surface area contributed by atoms with Gasteiger partial charge in [-0.15, -0.1) is 0 Å². The van der Waals surface area contributed by atoms with E-state index in [1.165, 1.54) is 247 Å². The Bertz CT molecular complexity index is 2100. The molecule has 1 aliphatic heterocycles. The third-order valence-electron chi connectivity index (χ3n) is 14.9. The second-order valence-corrected chi connectivity index (χ2v) is 26.0. The van der Waals surface area contributed by atoms with Gasteiger partial charge in [-0.05, 0) is 117 Å². The number of aromatic carboxylic acids is 1. The number of carboxylic acids is 1. The number of hydrogen-bond donors (Lipinski definition) is 0. The molecule has 0 aromatic heterocycles. The molecule has 0 radical (unpaired) electrons. The van der Waals surface area contributed by atoms with Crippen LogP contribution in [0.25, 0.3) is 33.4 Å². The Morgan fingerprint density at radius 3 is 1.19 bits per heavy atom. The van der Waals surface area contributed by atoms with Crippen molar-refractivity contribution in [1.82, 2.24) is 0 Å². The molecule has 0 fully saturated rings. The molecule has 4 rings (SSSR count). The van der Waals surface area contributed by atoms with Gasteiger partial charge in [0.1, 0.15) is 10.1 Å². The summed E-state index contributed by atoms with van der Waals surface area (Å²) in [5, 5.41) is 24.7. The predicted octanol–water partition coefficient (Wildman–Crippen LogP) is 19.7. The van der Waals surface area contributed by atoms with E-state index >= 15 is 0 Å². The molecule has 0 saturated carbocycles. The lowest BCUT2D eigenvalue weighted by molar-refractivity contribution is -0.890. The lowest BCUT2D eigenvalue weighted by Gasteiger charge is -2.30. The number of carbonyl (C=O) groups is 1. The van der Waals surface area contributed by atoms with Crippen molar-refractivity contribution >= 4 is 80.7 Å². The van der Waals surface area contributed by atoms with Crippen LogP contribution in [0.2, 0.25) is 0 Å². The maximum atomic E-state index is 12.4. The van der Waals surface area contributed by atoms with E-state index in [0.717, 1.165) is 0 Å². The first-order valence-corrected chi connectivity index (χ1v) is 33.0. The van der Waals surface area contributed by atoms with E-state index in [2.05, 4.69) is 120 Å². The summed E-state index contributed by atoms with van der Waals surface area (Å²) in [6.45, 7) is 14.7. The molecule has 0 bridgehead atoms. The normalized spacial score (nSPS) is 11.7. The van der Waals surface area contributed by atoms with Crippen LogP contribution >= 0.6 is 63.7 Å². The van der Waals surface area contributed by atoms with Crippen LogP contribution in [0.15, 0.2) is 63.5 Å². The quantitative estimate of drug-likeness (QED) is 0.0253. The topological polar surface area (TPSA) is 93.4 Å². The highest BCUT2D eigenvalue weighted by Crippen LogP contribution is 2.48. The molecule has 0 N–H and O–H groups in total. The molecule has 0 saturated heterocycles. The minimum atomic E-state index is -1.35. The second kappa shape index (κ2) is 40.4. The maximum absolute atomic E-state index is 12.4. The minimum absolute atomic E-state index is 0.0295. The number of unbranched alkanes of at least 4 members (excludes halogenated alkanes) is 28. The van der Waals surface area contributed by atoms with Crippen LogP contribution in [0.4, 0.5) is 0 Å². The maximum Gasteiger partial charge on any atom is 0.210 e. The molecule has 426 valence electrons. The number of carbonyl (C=O) groups excluding carboxylic acids is 1. The van der Waals surface area contributed by atoms with Crippen LogP contribution in [0, 0.1) is 0 Å². The van der Waals surface area contributed by atoms with E-state index in [1.54, 1.807) is 30.3 Å². The zero-order chi connectivity index (χ0) is 55.5. The number of fused-ring (bicyclic) bond motifs is 2. The lowest BCUT2D eigenvalue weighted by Crippen LogP contribution is -2.41. The fourth-order valence-electron chi connectivity index (χ4n) is 10.1. The van der Waals surface area contributed by atoms with Gasteiger partial charge >= 0.3 is 0 Å². The second-order valence-electron chi connectivity index (χ2n) is 22.7. The van der Waals surface area contributed by atoms with Gasteiger partial charge in [0.15, 0.2) is 5.76 Å². The molecule has 1 aliphatic carbocycles. The molecule has 7 nitrogen and oxygen atoms in total. The monoisotopic (exact) mass is 1290 g/mol. The molecule has 0 unspecified atom stereocenters. The number of benzene rings is 3. The van der Waals surface area contributed by atoms with Crippen LogP contribution in [0.5, 0.6) is 5.75 Å². The number of halogens is 4. The number of rotatable bonds is 38. The van der Waals surface area contributed by atoms with Crippen molar-refractivity contribution in [2.45, 2.75) is 233 Å². The third-order valence-corrected chi connectivity index (χ3v) is 17.5. The van der Waals surface area contributed by atoms with E-state index < -0.39 is 5.97 Å². The van der Waals surface area contributed by atoms with Gasteiger partial charge in [-0.2, -0.15) is 0 Å². The van der Waals surface area contributed by atoms with Crippen molar-refractivity contribution in [3.8, 4) is 28.2 Å². The van der Waals surface area contributed by atoms with Crippen LogP contribution in [-0.4, -0.2) is 69.3 Å². The molecule has 11 heteroatoms. The molecule has 0 amide bonds. The molecule has 2 aromatic carbocycles. The minimum Gasteiger partial charge on any atom is -0.871 e. The summed E-state index contributed by atoms with van der Waals surface area (Å²) >= 11 is 13.0. The van der Waals surface area contributed by atoms with Crippen LogP contribution in [-0.2, 0) is 0 Å². The summed E-state index contributed by atoms with van der Waals surface area (Å²) in [7, 11) is 9.73. The van der Waals surface area contributed by atoms with Crippen molar-refractivity contribution in [3.05, 3.63) is 70.1 Å². The van der Waals surface area contributed by atoms with E-state index in [-0.39, 0.29) is 46.0 Å². The zero-order valence-corrected chi connectivity index (χ0v) is 54.7. The van der Waals surface area contributed by atoms with Crippen LogP contribution in [0.3, 0.4) is 0 Å². The Kier molecular flexibility index (Phi) is 37.4. The van der Waals surface area contributed by atoms with Gasteiger partial charge in [0.25, 0.3) is 0 Å².